The monoisotopic (exact) mass is 325 g/mol. The van der Waals surface area contributed by atoms with Crippen molar-refractivity contribution in [2.75, 3.05) is 6.61 Å². The summed E-state index contributed by atoms with van der Waals surface area (Å²) in [7, 11) is 0. The number of hydrogen-bond donors (Lipinski definition) is 1. The number of carbonyl (C=O) groups is 1. The topological polar surface area (TPSA) is 63.6 Å². The van der Waals surface area contributed by atoms with Gasteiger partial charge in [-0.3, -0.25) is 9.78 Å². The zero-order valence-electron chi connectivity index (χ0n) is 12.5. The van der Waals surface area contributed by atoms with Crippen LogP contribution in [0.25, 0.3) is 6.08 Å². The van der Waals surface area contributed by atoms with Gasteiger partial charge in [0, 0.05) is 12.4 Å². The van der Waals surface area contributed by atoms with Gasteiger partial charge in [-0.05, 0) is 48.5 Å². The number of rotatable bonds is 4. The highest BCUT2D eigenvalue weighted by molar-refractivity contribution is 8.18. The van der Waals surface area contributed by atoms with E-state index >= 15 is 0 Å². The molecular weight excluding hydrogens is 310 g/mol. The first-order valence-corrected chi connectivity index (χ1v) is 7.99. The maximum absolute atomic E-state index is 12.1. The van der Waals surface area contributed by atoms with Gasteiger partial charge in [0.15, 0.2) is 5.17 Å². The zero-order chi connectivity index (χ0) is 16.1. The normalized spacial score (nSPS) is 17.5. The average molecular weight is 325 g/mol. The standard InChI is InChI=1S/C17H15N3O2S/c1-2-22-14-8-4-3-7-13(14)19-17-20-16(21)15(23-17)10-12-6-5-9-18-11-12/h3-11H,2H2,1H3,(H,19,20,21)/b15-10+. The molecule has 0 radical (unpaired) electrons. The van der Waals surface area contributed by atoms with Crippen molar-refractivity contribution in [1.29, 1.82) is 0 Å². The third kappa shape index (κ3) is 3.78. The van der Waals surface area contributed by atoms with Gasteiger partial charge in [0.2, 0.25) is 0 Å². The highest BCUT2D eigenvalue weighted by Gasteiger charge is 2.24. The van der Waals surface area contributed by atoms with Crippen LogP contribution in [0.4, 0.5) is 5.69 Å². The van der Waals surface area contributed by atoms with Gasteiger partial charge < -0.3 is 10.1 Å². The lowest BCUT2D eigenvalue weighted by Gasteiger charge is -2.06. The molecule has 116 valence electrons. The Morgan fingerprint density at radius 3 is 2.96 bits per heavy atom. The van der Waals surface area contributed by atoms with E-state index in [0.29, 0.717) is 28.1 Å². The number of thioether (sulfide) groups is 1. The summed E-state index contributed by atoms with van der Waals surface area (Å²) in [6.07, 6.45) is 5.20. The van der Waals surface area contributed by atoms with Crippen LogP contribution in [0.2, 0.25) is 0 Å². The van der Waals surface area contributed by atoms with Gasteiger partial charge in [-0.25, -0.2) is 4.99 Å². The van der Waals surface area contributed by atoms with Gasteiger partial charge in [-0.2, -0.15) is 0 Å². The van der Waals surface area contributed by atoms with Crippen molar-refractivity contribution >= 4 is 34.6 Å². The van der Waals surface area contributed by atoms with Gasteiger partial charge in [0.25, 0.3) is 5.91 Å². The Labute approximate surface area is 138 Å². The van der Waals surface area contributed by atoms with Crippen molar-refractivity contribution in [2.45, 2.75) is 6.92 Å². The van der Waals surface area contributed by atoms with E-state index in [9.17, 15) is 4.79 Å². The highest BCUT2D eigenvalue weighted by atomic mass is 32.2. The fraction of sp³-hybridized carbons (Fsp3) is 0.118. The number of aromatic nitrogens is 1. The molecule has 23 heavy (non-hydrogen) atoms. The molecule has 5 nitrogen and oxygen atoms in total. The smallest absolute Gasteiger partial charge is 0.264 e. The summed E-state index contributed by atoms with van der Waals surface area (Å²) in [5.74, 6) is 0.536. The van der Waals surface area contributed by atoms with Crippen LogP contribution < -0.4 is 10.1 Å². The SMILES string of the molecule is CCOc1ccccc1N=C1NC(=O)/C(=C\c2cccnc2)S1. The van der Waals surface area contributed by atoms with Crippen LogP contribution in [-0.2, 0) is 4.79 Å². The Hall–Kier alpha value is -2.60. The maximum Gasteiger partial charge on any atom is 0.264 e. The Kier molecular flexibility index (Phi) is 4.73. The van der Waals surface area contributed by atoms with Crippen LogP contribution in [0.3, 0.4) is 0 Å². The second-order valence-electron chi connectivity index (χ2n) is 4.67. The number of amidine groups is 1. The minimum absolute atomic E-state index is 0.161. The molecule has 3 rings (SSSR count). The van der Waals surface area contributed by atoms with Crippen molar-refractivity contribution in [3.05, 3.63) is 59.3 Å². The molecule has 0 bridgehead atoms. The number of nitrogens with one attached hydrogen (secondary N) is 1. The molecule has 0 saturated carbocycles. The lowest BCUT2D eigenvalue weighted by molar-refractivity contribution is -0.115. The molecule has 0 spiro atoms. The number of hydrogen-bond acceptors (Lipinski definition) is 5. The predicted octanol–water partition coefficient (Wildman–Crippen LogP) is 3.37. The van der Waals surface area contributed by atoms with Crippen molar-refractivity contribution in [2.24, 2.45) is 4.99 Å². The third-order valence-corrected chi connectivity index (χ3v) is 3.93. The summed E-state index contributed by atoms with van der Waals surface area (Å²) in [6.45, 7) is 2.48. The summed E-state index contributed by atoms with van der Waals surface area (Å²) in [4.78, 5) is 21.2. The van der Waals surface area contributed by atoms with Gasteiger partial charge in [0.05, 0.1) is 11.5 Å². The quantitative estimate of drug-likeness (QED) is 0.875. The minimum Gasteiger partial charge on any atom is -0.492 e. The summed E-state index contributed by atoms with van der Waals surface area (Å²) in [5, 5.41) is 3.31. The van der Waals surface area contributed by atoms with Crippen LogP contribution in [0.5, 0.6) is 5.75 Å². The molecule has 1 aromatic heterocycles. The minimum atomic E-state index is -0.161. The van der Waals surface area contributed by atoms with Crippen LogP contribution >= 0.6 is 11.8 Å². The molecule has 0 unspecified atom stereocenters. The molecule has 1 saturated heterocycles. The number of aliphatic imine (C=N–C) groups is 1. The first kappa shape index (κ1) is 15.3. The molecule has 1 aliphatic rings. The number of nitrogens with zero attached hydrogens (tertiary/aromatic N) is 2. The second-order valence-corrected chi connectivity index (χ2v) is 5.70. The largest absolute Gasteiger partial charge is 0.492 e. The molecule has 1 fully saturated rings. The van der Waals surface area contributed by atoms with Gasteiger partial charge in [-0.15, -0.1) is 0 Å². The van der Waals surface area contributed by atoms with E-state index in [1.807, 2.05) is 43.3 Å². The summed E-state index contributed by atoms with van der Waals surface area (Å²) < 4.78 is 5.54. The van der Waals surface area contributed by atoms with E-state index in [2.05, 4.69) is 15.3 Å². The van der Waals surface area contributed by atoms with E-state index in [-0.39, 0.29) is 5.91 Å². The first-order chi connectivity index (χ1) is 11.3. The average Bonchev–Trinajstić information content (AvgIpc) is 2.90. The fourth-order valence-corrected chi connectivity index (χ4v) is 2.86. The molecule has 1 aliphatic heterocycles. The lowest BCUT2D eigenvalue weighted by Crippen LogP contribution is -2.19. The van der Waals surface area contributed by atoms with Crippen molar-refractivity contribution < 1.29 is 9.53 Å². The second kappa shape index (κ2) is 7.11. The third-order valence-electron chi connectivity index (χ3n) is 3.02. The van der Waals surface area contributed by atoms with Gasteiger partial charge >= 0.3 is 0 Å². The summed E-state index contributed by atoms with van der Waals surface area (Å²) in [5.41, 5.74) is 1.57. The van der Waals surface area contributed by atoms with Crippen LogP contribution in [0, 0.1) is 0 Å². The number of amides is 1. The van der Waals surface area contributed by atoms with Crippen molar-refractivity contribution in [1.82, 2.24) is 10.3 Å². The predicted molar refractivity (Wildman–Crippen MR) is 92.7 cm³/mol. The number of para-hydroxylation sites is 2. The van der Waals surface area contributed by atoms with E-state index in [0.717, 1.165) is 5.56 Å². The number of carbonyl (C=O) groups excluding carboxylic acids is 1. The molecular formula is C17H15N3O2S. The fourth-order valence-electron chi connectivity index (χ4n) is 2.03. The van der Waals surface area contributed by atoms with E-state index in [4.69, 9.17) is 4.74 Å². The Balaban J connectivity index is 1.84. The number of ether oxygens (including phenoxy) is 1. The molecule has 2 aromatic rings. The number of benzene rings is 1. The molecule has 0 atom stereocenters. The van der Waals surface area contributed by atoms with E-state index < -0.39 is 0 Å². The highest BCUT2D eigenvalue weighted by Crippen LogP contribution is 2.32. The Bertz CT molecular complexity index is 772. The van der Waals surface area contributed by atoms with Gasteiger partial charge in [-0.1, -0.05) is 18.2 Å². The van der Waals surface area contributed by atoms with Crippen LogP contribution in [0.15, 0.2) is 58.7 Å². The zero-order valence-corrected chi connectivity index (χ0v) is 13.3. The molecule has 1 amide bonds. The lowest BCUT2D eigenvalue weighted by atomic mass is 10.2. The molecule has 0 aliphatic carbocycles. The molecule has 1 N–H and O–H groups in total. The van der Waals surface area contributed by atoms with Crippen LogP contribution in [-0.4, -0.2) is 22.7 Å². The molecule has 2 heterocycles. The Morgan fingerprint density at radius 1 is 1.30 bits per heavy atom. The van der Waals surface area contributed by atoms with Gasteiger partial charge in [0.1, 0.15) is 11.4 Å². The van der Waals surface area contributed by atoms with Crippen molar-refractivity contribution in [3.63, 3.8) is 0 Å². The maximum atomic E-state index is 12.1. The van der Waals surface area contributed by atoms with Crippen LogP contribution in [0.1, 0.15) is 12.5 Å². The summed E-state index contributed by atoms with van der Waals surface area (Å²) in [6, 6.07) is 11.2. The first-order valence-electron chi connectivity index (χ1n) is 7.17. The van der Waals surface area contributed by atoms with E-state index in [1.165, 1.54) is 11.8 Å². The molecule has 6 heteroatoms. The number of pyridine rings is 1. The molecule has 1 aromatic carbocycles. The Morgan fingerprint density at radius 2 is 2.17 bits per heavy atom. The summed E-state index contributed by atoms with van der Waals surface area (Å²) >= 11 is 1.30. The van der Waals surface area contributed by atoms with Crippen molar-refractivity contribution in [3.8, 4) is 5.75 Å². The van der Waals surface area contributed by atoms with E-state index in [1.54, 1.807) is 18.5 Å².